The van der Waals surface area contributed by atoms with E-state index in [1.54, 1.807) is 7.11 Å². The highest BCUT2D eigenvalue weighted by Gasteiger charge is 2.50. The zero-order chi connectivity index (χ0) is 23.4. The van der Waals surface area contributed by atoms with E-state index in [4.69, 9.17) is 13.6 Å². The van der Waals surface area contributed by atoms with Crippen molar-refractivity contribution in [2.45, 2.75) is 56.3 Å². The molecule has 0 aliphatic heterocycles. The minimum Gasteiger partial charge on any atom is -0.377 e. The summed E-state index contributed by atoms with van der Waals surface area (Å²) in [7, 11) is -1.33. The molecule has 0 aromatic heterocycles. The first-order chi connectivity index (χ1) is 16.2. The lowest BCUT2D eigenvalue weighted by atomic mass is 10.1. The zero-order valence-electron chi connectivity index (χ0n) is 19.7. The average molecular weight is 461 g/mol. The molecule has 2 aromatic carbocycles. The van der Waals surface area contributed by atoms with Gasteiger partial charge in [0.25, 0.3) is 0 Å². The highest BCUT2D eigenvalue weighted by atomic mass is 28.4. The predicted molar refractivity (Wildman–Crippen MR) is 138 cm³/mol. The summed E-state index contributed by atoms with van der Waals surface area (Å²) in [5.74, 6) is 3.24. The molecule has 3 rings (SSSR count). The molecule has 0 bridgehead atoms. The highest BCUT2D eigenvalue weighted by molar-refractivity contribution is 6.77. The Bertz CT molecular complexity index is 855. The van der Waals surface area contributed by atoms with Gasteiger partial charge in [-0.1, -0.05) is 97.1 Å². The second-order valence-corrected chi connectivity index (χ2v) is 11.3. The Labute approximate surface area is 200 Å². The van der Waals surface area contributed by atoms with Crippen LogP contribution in [0.4, 0.5) is 0 Å². The summed E-state index contributed by atoms with van der Waals surface area (Å²) in [5, 5.41) is 0. The van der Waals surface area contributed by atoms with Gasteiger partial charge in [0.05, 0.1) is 12.2 Å². The summed E-state index contributed by atoms with van der Waals surface area (Å²) in [6, 6.07) is 20.7. The lowest BCUT2D eigenvalue weighted by Crippen LogP contribution is -2.47. The number of methoxy groups -OCH3 is 1. The van der Waals surface area contributed by atoms with E-state index in [0.29, 0.717) is 25.0 Å². The van der Waals surface area contributed by atoms with E-state index in [9.17, 15) is 0 Å². The van der Waals surface area contributed by atoms with Crippen molar-refractivity contribution in [3.63, 3.8) is 0 Å². The van der Waals surface area contributed by atoms with Gasteiger partial charge in [0.2, 0.25) is 0 Å². The third kappa shape index (κ3) is 7.03. The van der Waals surface area contributed by atoms with Crippen LogP contribution in [0.25, 0.3) is 0 Å². The Morgan fingerprint density at radius 2 is 1.36 bits per heavy atom. The molecule has 2 aromatic rings. The fourth-order valence-electron chi connectivity index (χ4n) is 4.48. The minimum atomic E-state index is -3.00. The quantitative estimate of drug-likeness (QED) is 0.190. The van der Waals surface area contributed by atoms with E-state index in [1.807, 2.05) is 24.3 Å². The summed E-state index contributed by atoms with van der Waals surface area (Å²) in [5.41, 5.74) is 6.12. The van der Waals surface area contributed by atoms with Crippen molar-refractivity contribution in [3.05, 3.63) is 97.1 Å². The Kier molecular flexibility index (Phi) is 10.2. The van der Waals surface area contributed by atoms with Crippen molar-refractivity contribution in [1.29, 1.82) is 0 Å². The molecule has 1 aliphatic rings. The summed E-state index contributed by atoms with van der Waals surface area (Å²) < 4.78 is 19.4. The maximum absolute atomic E-state index is 7.08. The number of ether oxygens (including phenoxy) is 1. The van der Waals surface area contributed by atoms with E-state index in [-0.39, 0.29) is 12.2 Å². The van der Waals surface area contributed by atoms with Gasteiger partial charge in [0.1, 0.15) is 6.61 Å². The van der Waals surface area contributed by atoms with Crippen LogP contribution in [-0.4, -0.2) is 22.3 Å². The van der Waals surface area contributed by atoms with Crippen molar-refractivity contribution in [2.75, 3.05) is 13.7 Å². The van der Waals surface area contributed by atoms with E-state index in [2.05, 4.69) is 73.2 Å². The number of rotatable bonds is 12. The molecular weight excluding hydrogens is 424 g/mol. The van der Waals surface area contributed by atoms with Crippen LogP contribution in [-0.2, 0) is 13.6 Å². The fourth-order valence-corrected chi connectivity index (χ4v) is 8.04. The van der Waals surface area contributed by atoms with Gasteiger partial charge in [0.15, 0.2) is 0 Å². The monoisotopic (exact) mass is 460 g/mol. The minimum absolute atomic E-state index is 0.145. The Morgan fingerprint density at radius 3 is 1.79 bits per heavy atom. The first kappa shape index (κ1) is 25.2. The molecule has 33 heavy (non-hydrogen) atoms. The van der Waals surface area contributed by atoms with E-state index < -0.39 is 8.56 Å². The molecule has 3 nitrogen and oxygen atoms in total. The van der Waals surface area contributed by atoms with Gasteiger partial charge in [-0.25, -0.2) is 0 Å². The van der Waals surface area contributed by atoms with Crippen molar-refractivity contribution >= 4 is 8.56 Å². The SMILES string of the molecule is C=CCC(O[Si](C#CCOC)(OC(CC=C)c1ccccc1)C1CCCC1)c1ccccc1. The van der Waals surface area contributed by atoms with Crippen LogP contribution < -0.4 is 0 Å². The van der Waals surface area contributed by atoms with Crippen LogP contribution in [0, 0.1) is 11.5 Å². The van der Waals surface area contributed by atoms with Gasteiger partial charge >= 0.3 is 8.56 Å². The molecular formula is C29H36O3Si. The molecule has 0 heterocycles. The fraction of sp³-hybridized carbons (Fsp3) is 0.379. The maximum Gasteiger partial charge on any atom is 0.428 e. The van der Waals surface area contributed by atoms with Crippen molar-refractivity contribution in [2.24, 2.45) is 0 Å². The molecule has 0 saturated heterocycles. The molecule has 0 radical (unpaired) electrons. The number of hydrogen-bond donors (Lipinski definition) is 0. The Hall–Kier alpha value is -2.42. The third-order valence-corrected chi connectivity index (χ3v) is 9.56. The largest absolute Gasteiger partial charge is 0.428 e. The molecule has 1 saturated carbocycles. The number of benzene rings is 2. The lowest BCUT2D eigenvalue weighted by Gasteiger charge is -2.37. The van der Waals surface area contributed by atoms with E-state index >= 15 is 0 Å². The van der Waals surface area contributed by atoms with Crippen LogP contribution in [0.3, 0.4) is 0 Å². The molecule has 1 aliphatic carbocycles. The third-order valence-electron chi connectivity index (χ3n) is 6.11. The predicted octanol–water partition coefficient (Wildman–Crippen LogP) is 7.23. The van der Waals surface area contributed by atoms with Gasteiger partial charge < -0.3 is 13.6 Å². The lowest BCUT2D eigenvalue weighted by molar-refractivity contribution is 0.0807. The van der Waals surface area contributed by atoms with Gasteiger partial charge in [-0.2, -0.15) is 0 Å². The zero-order valence-corrected chi connectivity index (χ0v) is 20.7. The van der Waals surface area contributed by atoms with Gasteiger partial charge in [-0.3, -0.25) is 0 Å². The molecule has 0 amide bonds. The molecule has 2 atom stereocenters. The smallest absolute Gasteiger partial charge is 0.377 e. The standard InChI is InChI=1S/C29H36O3Si/c1-4-15-28(25-17-8-6-9-18-25)31-33(24-14-23-30-3,27-21-12-13-22-27)32-29(16-5-2)26-19-10-7-11-20-26/h4-11,17-20,27-29H,1-2,12-13,15-16,21-23H2,3H3. The average Bonchev–Trinajstić information content (AvgIpc) is 3.40. The first-order valence-electron chi connectivity index (χ1n) is 11.9. The summed E-state index contributed by atoms with van der Waals surface area (Å²) in [4.78, 5) is 0. The molecule has 2 unspecified atom stereocenters. The molecule has 0 spiro atoms. The normalized spacial score (nSPS) is 17.4. The maximum atomic E-state index is 7.08. The van der Waals surface area contributed by atoms with Crippen LogP contribution >= 0.6 is 0 Å². The molecule has 4 heteroatoms. The highest BCUT2D eigenvalue weighted by Crippen LogP contribution is 2.44. The van der Waals surface area contributed by atoms with Gasteiger partial charge in [-0.05, 0) is 36.8 Å². The molecule has 1 fully saturated rings. The van der Waals surface area contributed by atoms with Crippen molar-refractivity contribution in [1.82, 2.24) is 0 Å². The van der Waals surface area contributed by atoms with E-state index in [1.165, 1.54) is 12.8 Å². The number of hydrogen-bond acceptors (Lipinski definition) is 3. The van der Waals surface area contributed by atoms with Gasteiger partial charge in [-0.15, -0.1) is 13.2 Å². The van der Waals surface area contributed by atoms with Crippen LogP contribution in [0.1, 0.15) is 61.9 Å². The summed E-state index contributed by atoms with van der Waals surface area (Å²) >= 11 is 0. The van der Waals surface area contributed by atoms with Crippen molar-refractivity contribution < 1.29 is 13.6 Å². The second-order valence-electron chi connectivity index (χ2n) is 8.47. The first-order valence-corrected chi connectivity index (χ1v) is 13.8. The van der Waals surface area contributed by atoms with Gasteiger partial charge in [0, 0.05) is 12.7 Å². The van der Waals surface area contributed by atoms with Crippen LogP contribution in [0.2, 0.25) is 5.54 Å². The summed E-state index contributed by atoms with van der Waals surface area (Å²) in [6.07, 6.45) is 9.51. The second kappa shape index (κ2) is 13.3. The van der Waals surface area contributed by atoms with E-state index in [0.717, 1.165) is 24.0 Å². The van der Waals surface area contributed by atoms with Crippen LogP contribution in [0.5, 0.6) is 0 Å². The topological polar surface area (TPSA) is 27.7 Å². The summed E-state index contributed by atoms with van der Waals surface area (Å²) in [6.45, 7) is 8.35. The van der Waals surface area contributed by atoms with Crippen LogP contribution in [0.15, 0.2) is 86.0 Å². The molecule has 174 valence electrons. The molecule has 0 N–H and O–H groups in total. The Morgan fingerprint density at radius 1 is 0.879 bits per heavy atom. The van der Waals surface area contributed by atoms with Crippen molar-refractivity contribution in [3.8, 4) is 11.5 Å². The Balaban J connectivity index is 2.05.